The molecule has 0 aromatic heterocycles. The molecule has 0 unspecified atom stereocenters. The van der Waals surface area contributed by atoms with Gasteiger partial charge in [0.2, 0.25) is 0 Å². The molecule has 0 bridgehead atoms. The second-order valence-electron chi connectivity index (χ2n) is 3.11. The van der Waals surface area contributed by atoms with Gasteiger partial charge < -0.3 is 9.64 Å². The Labute approximate surface area is 90.7 Å². The first-order valence-electron chi connectivity index (χ1n) is 4.95. The topological polar surface area (TPSA) is 29.5 Å². The summed E-state index contributed by atoms with van der Waals surface area (Å²) in [5, 5.41) is 0. The molecule has 0 spiro atoms. The van der Waals surface area contributed by atoms with E-state index >= 15 is 0 Å². The van der Waals surface area contributed by atoms with E-state index in [1.807, 2.05) is 6.92 Å². The number of amides is 1. The summed E-state index contributed by atoms with van der Waals surface area (Å²) in [6.07, 6.45) is 0. The van der Waals surface area contributed by atoms with Crippen molar-refractivity contribution in [2.45, 2.75) is 6.92 Å². The zero-order chi connectivity index (χ0) is 11.3. The van der Waals surface area contributed by atoms with Crippen molar-refractivity contribution >= 4 is 5.91 Å². The average Bonchev–Trinajstić information content (AvgIpc) is 2.30. The Morgan fingerprint density at radius 2 is 2.00 bits per heavy atom. The van der Waals surface area contributed by atoms with Gasteiger partial charge in [0.1, 0.15) is 5.75 Å². The lowest BCUT2D eigenvalue weighted by molar-refractivity contribution is 0.0781. The van der Waals surface area contributed by atoms with Crippen molar-refractivity contribution in [3.8, 4) is 5.75 Å². The molecule has 0 fully saturated rings. The first kappa shape index (κ1) is 11.6. The summed E-state index contributed by atoms with van der Waals surface area (Å²) in [6, 6.07) is 7.09. The van der Waals surface area contributed by atoms with Crippen molar-refractivity contribution < 1.29 is 9.53 Å². The molecule has 1 aromatic rings. The van der Waals surface area contributed by atoms with Crippen LogP contribution in [0.4, 0.5) is 0 Å². The van der Waals surface area contributed by atoms with Crippen LogP contribution in [0.25, 0.3) is 0 Å². The summed E-state index contributed by atoms with van der Waals surface area (Å²) in [4.78, 5) is 13.5. The second kappa shape index (κ2) is 5.39. The largest absolute Gasteiger partial charge is 0.497 e. The number of ether oxygens (including phenoxy) is 1. The third kappa shape index (κ3) is 2.72. The SMILES string of the molecule is [CH2]CN(CC)C(=O)c1ccc(OC)cc1. The van der Waals surface area contributed by atoms with E-state index in [-0.39, 0.29) is 5.91 Å². The van der Waals surface area contributed by atoms with Crippen LogP contribution in [0.1, 0.15) is 17.3 Å². The minimum atomic E-state index is 0.00940. The van der Waals surface area contributed by atoms with Gasteiger partial charge in [-0.1, -0.05) is 0 Å². The Morgan fingerprint density at radius 1 is 1.40 bits per heavy atom. The molecule has 3 heteroatoms. The zero-order valence-corrected chi connectivity index (χ0v) is 9.19. The van der Waals surface area contributed by atoms with E-state index < -0.39 is 0 Å². The maximum atomic E-state index is 11.9. The van der Waals surface area contributed by atoms with Crippen LogP contribution in [0.15, 0.2) is 24.3 Å². The number of benzene rings is 1. The van der Waals surface area contributed by atoms with Gasteiger partial charge in [-0.15, -0.1) is 0 Å². The van der Waals surface area contributed by atoms with Crippen LogP contribution in [0, 0.1) is 6.92 Å². The highest BCUT2D eigenvalue weighted by Gasteiger charge is 2.11. The quantitative estimate of drug-likeness (QED) is 0.754. The molecule has 15 heavy (non-hydrogen) atoms. The number of carbonyl (C=O) groups is 1. The van der Waals surface area contributed by atoms with Gasteiger partial charge in [0.05, 0.1) is 7.11 Å². The van der Waals surface area contributed by atoms with Crippen molar-refractivity contribution in [3.05, 3.63) is 36.8 Å². The van der Waals surface area contributed by atoms with Gasteiger partial charge >= 0.3 is 0 Å². The second-order valence-corrected chi connectivity index (χ2v) is 3.11. The van der Waals surface area contributed by atoms with Crippen LogP contribution in [-0.2, 0) is 0 Å². The van der Waals surface area contributed by atoms with Crippen LogP contribution >= 0.6 is 0 Å². The predicted molar refractivity (Wildman–Crippen MR) is 59.9 cm³/mol. The molecule has 1 amide bonds. The molecule has 81 valence electrons. The molecular weight excluding hydrogens is 190 g/mol. The fourth-order valence-corrected chi connectivity index (χ4v) is 1.32. The molecule has 1 rings (SSSR count). The number of carbonyl (C=O) groups excluding carboxylic acids is 1. The lowest BCUT2D eigenvalue weighted by Gasteiger charge is -2.18. The van der Waals surface area contributed by atoms with Crippen LogP contribution in [-0.4, -0.2) is 31.0 Å². The molecule has 3 nitrogen and oxygen atoms in total. The van der Waals surface area contributed by atoms with Crippen LogP contribution in [0.2, 0.25) is 0 Å². The van der Waals surface area contributed by atoms with E-state index in [1.165, 1.54) is 0 Å². The van der Waals surface area contributed by atoms with Gasteiger partial charge in [-0.3, -0.25) is 4.79 Å². The minimum Gasteiger partial charge on any atom is -0.497 e. The fourth-order valence-electron chi connectivity index (χ4n) is 1.32. The zero-order valence-electron chi connectivity index (χ0n) is 9.19. The maximum absolute atomic E-state index is 11.9. The summed E-state index contributed by atoms with van der Waals surface area (Å²) >= 11 is 0. The van der Waals surface area contributed by atoms with E-state index in [2.05, 4.69) is 6.92 Å². The first-order valence-corrected chi connectivity index (χ1v) is 4.95. The Bertz CT molecular complexity index is 315. The highest BCUT2D eigenvalue weighted by atomic mass is 16.5. The lowest BCUT2D eigenvalue weighted by Crippen LogP contribution is -2.30. The van der Waals surface area contributed by atoms with Gasteiger partial charge in [-0.25, -0.2) is 0 Å². The monoisotopic (exact) mass is 206 g/mol. The van der Waals surface area contributed by atoms with Crippen molar-refractivity contribution in [1.82, 2.24) is 4.90 Å². The summed E-state index contributed by atoms with van der Waals surface area (Å²) < 4.78 is 5.02. The van der Waals surface area contributed by atoms with Crippen molar-refractivity contribution in [1.29, 1.82) is 0 Å². The minimum absolute atomic E-state index is 0.00940. The summed E-state index contributed by atoms with van der Waals surface area (Å²) in [7, 11) is 1.60. The molecule has 0 heterocycles. The van der Waals surface area contributed by atoms with Crippen molar-refractivity contribution in [3.63, 3.8) is 0 Å². The number of nitrogens with zero attached hydrogens (tertiary/aromatic N) is 1. The van der Waals surface area contributed by atoms with Gasteiger partial charge in [0.15, 0.2) is 0 Å². The van der Waals surface area contributed by atoms with E-state index in [1.54, 1.807) is 36.3 Å². The van der Waals surface area contributed by atoms with Crippen LogP contribution in [0.3, 0.4) is 0 Å². The molecule has 0 N–H and O–H groups in total. The molecule has 0 atom stereocenters. The normalized spacial score (nSPS) is 9.80. The van der Waals surface area contributed by atoms with Crippen molar-refractivity contribution in [2.24, 2.45) is 0 Å². The van der Waals surface area contributed by atoms with E-state index in [4.69, 9.17) is 4.74 Å². The Morgan fingerprint density at radius 3 is 2.40 bits per heavy atom. The van der Waals surface area contributed by atoms with Crippen molar-refractivity contribution in [2.75, 3.05) is 20.2 Å². The fraction of sp³-hybridized carbons (Fsp3) is 0.333. The summed E-state index contributed by atoms with van der Waals surface area (Å²) in [5.41, 5.74) is 0.668. The summed E-state index contributed by atoms with van der Waals surface area (Å²) in [6.45, 7) is 6.82. The standard InChI is InChI=1S/C12H16NO2/c1-4-13(5-2)12(14)10-6-8-11(15-3)9-7-10/h6-9H,1,4-5H2,2-3H3. The highest BCUT2D eigenvalue weighted by molar-refractivity contribution is 5.94. The van der Waals surface area contributed by atoms with Gasteiger partial charge in [-0.05, 0) is 38.1 Å². The molecule has 0 aliphatic rings. The number of hydrogen-bond acceptors (Lipinski definition) is 2. The molecule has 1 aromatic carbocycles. The predicted octanol–water partition coefficient (Wildman–Crippen LogP) is 1.99. The number of methoxy groups -OCH3 is 1. The molecule has 1 radical (unpaired) electrons. The molecule has 0 saturated heterocycles. The maximum Gasteiger partial charge on any atom is 0.253 e. The van der Waals surface area contributed by atoms with E-state index in [0.29, 0.717) is 18.7 Å². The highest BCUT2D eigenvalue weighted by Crippen LogP contribution is 2.12. The van der Waals surface area contributed by atoms with Gasteiger partial charge in [0, 0.05) is 18.7 Å². The molecule has 0 aliphatic heterocycles. The first-order chi connectivity index (χ1) is 7.22. The van der Waals surface area contributed by atoms with E-state index in [9.17, 15) is 4.79 Å². The average molecular weight is 206 g/mol. The van der Waals surface area contributed by atoms with Gasteiger partial charge in [-0.2, -0.15) is 0 Å². The Kier molecular flexibility index (Phi) is 4.16. The number of rotatable bonds is 4. The number of hydrogen-bond donors (Lipinski definition) is 0. The molecule has 0 aliphatic carbocycles. The lowest BCUT2D eigenvalue weighted by atomic mass is 10.2. The third-order valence-electron chi connectivity index (χ3n) is 2.28. The molecular formula is C12H16NO2. The summed E-state index contributed by atoms with van der Waals surface area (Å²) in [5.74, 6) is 0.763. The molecule has 0 saturated carbocycles. The van der Waals surface area contributed by atoms with Crippen LogP contribution < -0.4 is 4.74 Å². The van der Waals surface area contributed by atoms with Crippen LogP contribution in [0.5, 0.6) is 5.75 Å². The third-order valence-corrected chi connectivity index (χ3v) is 2.28. The Hall–Kier alpha value is -1.51. The smallest absolute Gasteiger partial charge is 0.253 e. The van der Waals surface area contributed by atoms with Gasteiger partial charge in [0.25, 0.3) is 5.91 Å². The Balaban J connectivity index is 2.82. The van der Waals surface area contributed by atoms with E-state index in [0.717, 1.165) is 5.75 Å².